The number of piperidine rings is 1. The number of likely N-dealkylation sites (tertiary alicyclic amines) is 1. The van der Waals surface area contributed by atoms with E-state index in [1.165, 1.54) is 0 Å². The number of carbonyl (C=O) groups is 1. The first-order valence-corrected chi connectivity index (χ1v) is 6.83. The molecule has 2 heterocycles. The van der Waals surface area contributed by atoms with Crippen molar-refractivity contribution in [2.45, 2.75) is 32.7 Å². The molecule has 0 saturated carbocycles. The van der Waals surface area contributed by atoms with E-state index in [4.69, 9.17) is 0 Å². The molecule has 5 heteroatoms. The lowest BCUT2D eigenvalue weighted by molar-refractivity contribution is 0.0904. The monoisotopic (exact) mass is 263 g/mol. The number of hydrogen-bond acceptors (Lipinski definition) is 3. The molecular formula is C14H21N3O2. The zero-order chi connectivity index (χ0) is 13.8. The summed E-state index contributed by atoms with van der Waals surface area (Å²) < 4.78 is 0. The molecule has 1 aromatic rings. The second-order valence-corrected chi connectivity index (χ2v) is 5.09. The van der Waals surface area contributed by atoms with Gasteiger partial charge in [-0.3, -0.25) is 9.59 Å². The fourth-order valence-electron chi connectivity index (χ4n) is 2.47. The summed E-state index contributed by atoms with van der Waals surface area (Å²) >= 11 is 0. The van der Waals surface area contributed by atoms with Crippen LogP contribution in [0.5, 0.6) is 0 Å². The van der Waals surface area contributed by atoms with Crippen molar-refractivity contribution in [3.05, 3.63) is 33.7 Å². The third-order valence-electron chi connectivity index (χ3n) is 3.59. The Kier molecular flexibility index (Phi) is 4.37. The smallest absolute Gasteiger partial charge is 0.260 e. The quantitative estimate of drug-likeness (QED) is 0.851. The van der Waals surface area contributed by atoms with Crippen molar-refractivity contribution in [3.8, 4) is 0 Å². The van der Waals surface area contributed by atoms with E-state index in [-0.39, 0.29) is 23.1 Å². The molecular weight excluding hydrogens is 242 g/mol. The molecule has 2 rings (SSSR count). The number of amides is 1. The highest BCUT2D eigenvalue weighted by Gasteiger charge is 2.21. The summed E-state index contributed by atoms with van der Waals surface area (Å²) in [6.07, 6.45) is 2.06. The van der Waals surface area contributed by atoms with E-state index < -0.39 is 0 Å². The number of likely N-dealkylation sites (N-methyl/N-ethyl adjacent to an activating group) is 1. The standard InChI is InChI=1S/C14H21N3O2/c1-3-17-8-4-5-11(9-17)16-14(19)12-7-6-10(2)15-13(12)18/h6-7,11H,3-5,8-9H2,1-2H3,(H,15,18)(H,16,19)/t11-/m0/s1. The van der Waals surface area contributed by atoms with Gasteiger partial charge in [0.25, 0.3) is 11.5 Å². The summed E-state index contributed by atoms with van der Waals surface area (Å²) in [7, 11) is 0. The van der Waals surface area contributed by atoms with Gasteiger partial charge in [-0.15, -0.1) is 0 Å². The summed E-state index contributed by atoms with van der Waals surface area (Å²) in [5, 5.41) is 2.96. The van der Waals surface area contributed by atoms with Gasteiger partial charge in [0.15, 0.2) is 0 Å². The predicted molar refractivity (Wildman–Crippen MR) is 74.4 cm³/mol. The molecule has 0 bridgehead atoms. The fourth-order valence-corrected chi connectivity index (χ4v) is 2.47. The maximum atomic E-state index is 12.1. The maximum absolute atomic E-state index is 12.1. The van der Waals surface area contributed by atoms with Gasteiger partial charge in [-0.2, -0.15) is 0 Å². The van der Waals surface area contributed by atoms with Crippen LogP contribution in [0.3, 0.4) is 0 Å². The van der Waals surface area contributed by atoms with Crippen LogP contribution in [0.1, 0.15) is 35.8 Å². The van der Waals surface area contributed by atoms with Crippen molar-refractivity contribution in [2.75, 3.05) is 19.6 Å². The van der Waals surface area contributed by atoms with E-state index in [9.17, 15) is 9.59 Å². The topological polar surface area (TPSA) is 65.2 Å². The van der Waals surface area contributed by atoms with Crippen LogP contribution < -0.4 is 10.9 Å². The lowest BCUT2D eigenvalue weighted by atomic mass is 10.1. The minimum atomic E-state index is -0.319. The van der Waals surface area contributed by atoms with Gasteiger partial charge in [0.05, 0.1) is 0 Å². The van der Waals surface area contributed by atoms with Crippen LogP contribution in [0.4, 0.5) is 0 Å². The molecule has 1 aliphatic rings. The number of nitrogens with zero attached hydrogens (tertiary/aromatic N) is 1. The maximum Gasteiger partial charge on any atom is 0.260 e. The SMILES string of the molecule is CCN1CCC[C@H](NC(=O)c2ccc(C)[nH]c2=O)C1. The number of aromatic nitrogens is 1. The van der Waals surface area contributed by atoms with Gasteiger partial charge in [-0.25, -0.2) is 0 Å². The lowest BCUT2D eigenvalue weighted by Gasteiger charge is -2.32. The first-order valence-electron chi connectivity index (χ1n) is 6.83. The normalized spacial score (nSPS) is 20.2. The molecule has 1 aromatic heterocycles. The van der Waals surface area contributed by atoms with Crippen LogP contribution in [-0.2, 0) is 0 Å². The first kappa shape index (κ1) is 13.8. The van der Waals surface area contributed by atoms with Crippen molar-refractivity contribution in [3.63, 3.8) is 0 Å². The molecule has 0 aromatic carbocycles. The largest absolute Gasteiger partial charge is 0.348 e. The van der Waals surface area contributed by atoms with E-state index >= 15 is 0 Å². The molecule has 19 heavy (non-hydrogen) atoms. The molecule has 1 fully saturated rings. The summed E-state index contributed by atoms with van der Waals surface area (Å²) in [4.78, 5) is 28.8. The Balaban J connectivity index is 2.02. The van der Waals surface area contributed by atoms with Crippen LogP contribution >= 0.6 is 0 Å². The van der Waals surface area contributed by atoms with Crippen LogP contribution in [0.25, 0.3) is 0 Å². The summed E-state index contributed by atoms with van der Waals surface area (Å²) in [6.45, 7) is 6.87. The molecule has 5 nitrogen and oxygen atoms in total. The Morgan fingerprint density at radius 1 is 1.53 bits per heavy atom. The van der Waals surface area contributed by atoms with Crippen LogP contribution in [-0.4, -0.2) is 41.5 Å². The number of carbonyl (C=O) groups excluding carboxylic acids is 1. The molecule has 0 spiro atoms. The van der Waals surface area contributed by atoms with Gasteiger partial charge in [0.2, 0.25) is 0 Å². The van der Waals surface area contributed by atoms with E-state index in [0.717, 1.165) is 38.2 Å². The highest BCUT2D eigenvalue weighted by molar-refractivity contribution is 5.94. The molecule has 1 amide bonds. The highest BCUT2D eigenvalue weighted by Crippen LogP contribution is 2.10. The molecule has 1 atom stereocenters. The van der Waals surface area contributed by atoms with Gasteiger partial charge in [0, 0.05) is 18.3 Å². The molecule has 0 radical (unpaired) electrons. The van der Waals surface area contributed by atoms with Crippen LogP contribution in [0.15, 0.2) is 16.9 Å². The predicted octanol–water partition coefficient (Wildman–Crippen LogP) is 0.897. The summed E-state index contributed by atoms with van der Waals surface area (Å²) in [5.74, 6) is -0.274. The van der Waals surface area contributed by atoms with Crippen molar-refractivity contribution in [2.24, 2.45) is 0 Å². The molecule has 2 N–H and O–H groups in total. The van der Waals surface area contributed by atoms with Gasteiger partial charge in [-0.05, 0) is 45.0 Å². The Labute approximate surface area is 113 Å². The van der Waals surface area contributed by atoms with Crippen molar-refractivity contribution in [1.82, 2.24) is 15.2 Å². The number of pyridine rings is 1. The molecule has 0 unspecified atom stereocenters. The van der Waals surface area contributed by atoms with E-state index in [1.54, 1.807) is 19.1 Å². The molecule has 0 aliphatic carbocycles. The summed E-state index contributed by atoms with van der Waals surface area (Å²) in [6, 6.07) is 3.47. The second kappa shape index (κ2) is 6.02. The molecule has 104 valence electrons. The zero-order valence-electron chi connectivity index (χ0n) is 11.5. The van der Waals surface area contributed by atoms with E-state index in [1.807, 2.05) is 0 Å². The van der Waals surface area contributed by atoms with Gasteiger partial charge >= 0.3 is 0 Å². The fraction of sp³-hybridized carbons (Fsp3) is 0.571. The Morgan fingerprint density at radius 2 is 2.32 bits per heavy atom. The average Bonchev–Trinajstić information content (AvgIpc) is 2.38. The zero-order valence-corrected chi connectivity index (χ0v) is 11.5. The Hall–Kier alpha value is -1.62. The highest BCUT2D eigenvalue weighted by atomic mass is 16.2. The number of rotatable bonds is 3. The number of nitrogens with one attached hydrogen (secondary N) is 2. The van der Waals surface area contributed by atoms with Crippen molar-refractivity contribution >= 4 is 5.91 Å². The average molecular weight is 263 g/mol. The first-order chi connectivity index (χ1) is 9.10. The van der Waals surface area contributed by atoms with Crippen LogP contribution in [0, 0.1) is 6.92 Å². The summed E-state index contributed by atoms with van der Waals surface area (Å²) in [5.41, 5.74) is 0.635. The number of hydrogen-bond donors (Lipinski definition) is 2. The van der Waals surface area contributed by atoms with Crippen LogP contribution in [0.2, 0.25) is 0 Å². The van der Waals surface area contributed by atoms with E-state index in [2.05, 4.69) is 22.1 Å². The minimum Gasteiger partial charge on any atom is -0.348 e. The molecule has 1 aliphatic heterocycles. The third-order valence-corrected chi connectivity index (χ3v) is 3.59. The lowest BCUT2D eigenvalue weighted by Crippen LogP contribution is -2.48. The Morgan fingerprint density at radius 3 is 3.00 bits per heavy atom. The van der Waals surface area contributed by atoms with Crippen molar-refractivity contribution < 1.29 is 4.79 Å². The number of H-pyrrole nitrogens is 1. The number of aryl methyl sites for hydroxylation is 1. The molecule has 1 saturated heterocycles. The van der Waals surface area contributed by atoms with E-state index in [0.29, 0.717) is 0 Å². The Bertz CT molecular complexity index is 510. The number of aromatic amines is 1. The van der Waals surface area contributed by atoms with Gasteiger partial charge < -0.3 is 15.2 Å². The van der Waals surface area contributed by atoms with Gasteiger partial charge in [0.1, 0.15) is 5.56 Å². The van der Waals surface area contributed by atoms with Gasteiger partial charge in [-0.1, -0.05) is 6.92 Å². The van der Waals surface area contributed by atoms with Crippen molar-refractivity contribution in [1.29, 1.82) is 0 Å². The minimum absolute atomic E-state index is 0.141. The third kappa shape index (κ3) is 3.44. The second-order valence-electron chi connectivity index (χ2n) is 5.09.